The van der Waals surface area contributed by atoms with E-state index in [1.165, 1.54) is 6.20 Å². The molecule has 0 unspecified atom stereocenters. The van der Waals surface area contributed by atoms with Crippen LogP contribution in [-0.4, -0.2) is 12.1 Å². The van der Waals surface area contributed by atoms with E-state index >= 15 is 0 Å². The molecule has 19 heavy (non-hydrogen) atoms. The number of nitrogens with one attached hydrogen (secondary N) is 1. The third-order valence-electron chi connectivity index (χ3n) is 2.38. The van der Waals surface area contributed by atoms with Crippen molar-refractivity contribution in [3.05, 3.63) is 45.5 Å². The van der Waals surface area contributed by atoms with E-state index in [1.807, 2.05) is 24.3 Å². The maximum Gasteiger partial charge on any atom is 0.150 e. The van der Waals surface area contributed by atoms with E-state index in [0.29, 0.717) is 22.2 Å². The fourth-order valence-electron chi connectivity index (χ4n) is 1.51. The Kier molecular flexibility index (Phi) is 4.25. The molecule has 0 aliphatic carbocycles. The molecule has 0 radical (unpaired) electrons. The molecule has 0 saturated carbocycles. The molecule has 0 amide bonds. The smallest absolute Gasteiger partial charge is 0.150 e. The van der Waals surface area contributed by atoms with Gasteiger partial charge in [-0.3, -0.25) is 0 Å². The average Bonchev–Trinajstić information content (AvgIpc) is 2.40. The summed E-state index contributed by atoms with van der Waals surface area (Å²) in [6.07, 6.45) is 1.53. The van der Waals surface area contributed by atoms with Crippen molar-refractivity contribution in [2.75, 3.05) is 12.4 Å². The minimum atomic E-state index is 0.295. The Balaban J connectivity index is 2.37. The number of hydrogen-bond donors (Lipinski definition) is 1. The fourth-order valence-corrected chi connectivity index (χ4v) is 2.18. The summed E-state index contributed by atoms with van der Waals surface area (Å²) in [4.78, 5) is 4.12. The molecule has 6 heteroatoms. The SMILES string of the molecule is COc1cc(Br)cc(Nc2nccc(C#N)c2Cl)c1. The molecule has 1 heterocycles. The molecule has 1 aromatic heterocycles. The predicted molar refractivity (Wildman–Crippen MR) is 77.9 cm³/mol. The van der Waals surface area contributed by atoms with E-state index in [0.717, 1.165) is 10.2 Å². The number of pyridine rings is 1. The minimum absolute atomic E-state index is 0.295. The molecule has 4 nitrogen and oxygen atoms in total. The van der Waals surface area contributed by atoms with Gasteiger partial charge in [0.05, 0.1) is 12.7 Å². The summed E-state index contributed by atoms with van der Waals surface area (Å²) >= 11 is 9.47. The monoisotopic (exact) mass is 337 g/mol. The van der Waals surface area contributed by atoms with Crippen LogP contribution in [0.25, 0.3) is 0 Å². The molecule has 0 spiro atoms. The van der Waals surface area contributed by atoms with Crippen LogP contribution >= 0.6 is 27.5 Å². The van der Waals surface area contributed by atoms with Gasteiger partial charge in [-0.05, 0) is 18.2 Å². The summed E-state index contributed by atoms with van der Waals surface area (Å²) in [5, 5.41) is 12.3. The van der Waals surface area contributed by atoms with Gasteiger partial charge in [0.25, 0.3) is 0 Å². The van der Waals surface area contributed by atoms with Gasteiger partial charge in [0, 0.05) is 22.4 Å². The first-order chi connectivity index (χ1) is 9.13. The first-order valence-electron chi connectivity index (χ1n) is 5.30. The van der Waals surface area contributed by atoms with Crippen LogP contribution in [-0.2, 0) is 0 Å². The first kappa shape index (κ1) is 13.7. The predicted octanol–water partition coefficient (Wildman–Crippen LogP) is 4.12. The normalized spacial score (nSPS) is 9.79. The van der Waals surface area contributed by atoms with Crippen LogP contribution in [0.5, 0.6) is 5.75 Å². The topological polar surface area (TPSA) is 57.9 Å². The average molecular weight is 339 g/mol. The summed E-state index contributed by atoms with van der Waals surface area (Å²) in [5.41, 5.74) is 1.14. The van der Waals surface area contributed by atoms with E-state index in [2.05, 4.69) is 26.2 Å². The highest BCUT2D eigenvalue weighted by Crippen LogP contribution is 2.30. The highest BCUT2D eigenvalue weighted by Gasteiger charge is 2.08. The van der Waals surface area contributed by atoms with Crippen molar-refractivity contribution in [3.8, 4) is 11.8 Å². The third kappa shape index (κ3) is 3.16. The molecule has 0 bridgehead atoms. The van der Waals surface area contributed by atoms with Crippen molar-refractivity contribution in [2.45, 2.75) is 0 Å². The molecule has 0 atom stereocenters. The molecule has 1 aromatic carbocycles. The molecular weight excluding hydrogens is 330 g/mol. The Bertz CT molecular complexity index is 655. The van der Waals surface area contributed by atoms with Gasteiger partial charge in [0.1, 0.15) is 16.8 Å². The largest absolute Gasteiger partial charge is 0.497 e. The summed E-state index contributed by atoms with van der Waals surface area (Å²) in [6.45, 7) is 0. The zero-order valence-electron chi connectivity index (χ0n) is 9.95. The zero-order chi connectivity index (χ0) is 13.8. The van der Waals surface area contributed by atoms with Crippen molar-refractivity contribution in [1.29, 1.82) is 5.26 Å². The van der Waals surface area contributed by atoms with Crippen molar-refractivity contribution >= 4 is 39.0 Å². The van der Waals surface area contributed by atoms with E-state index in [1.54, 1.807) is 13.2 Å². The standard InChI is InChI=1S/C13H9BrClN3O/c1-19-11-5-9(14)4-10(6-11)18-13-12(15)8(7-16)2-3-17-13/h2-6H,1H3,(H,17,18). The Morgan fingerprint density at radius 1 is 1.42 bits per heavy atom. The van der Waals surface area contributed by atoms with Crippen molar-refractivity contribution in [3.63, 3.8) is 0 Å². The van der Waals surface area contributed by atoms with Crippen LogP contribution < -0.4 is 10.1 Å². The second kappa shape index (κ2) is 5.91. The lowest BCUT2D eigenvalue weighted by molar-refractivity contribution is 0.415. The Hall–Kier alpha value is -1.77. The Morgan fingerprint density at radius 2 is 2.21 bits per heavy atom. The number of hydrogen-bond acceptors (Lipinski definition) is 4. The molecule has 0 aliphatic heterocycles. The highest BCUT2D eigenvalue weighted by atomic mass is 79.9. The summed E-state index contributed by atoms with van der Waals surface area (Å²) < 4.78 is 6.04. The lowest BCUT2D eigenvalue weighted by Crippen LogP contribution is -1.96. The van der Waals surface area contributed by atoms with Crippen molar-refractivity contribution < 1.29 is 4.74 Å². The van der Waals surface area contributed by atoms with Crippen LogP contribution in [0.15, 0.2) is 34.9 Å². The van der Waals surface area contributed by atoms with Gasteiger partial charge in [-0.15, -0.1) is 0 Å². The first-order valence-corrected chi connectivity index (χ1v) is 6.47. The number of nitrogens with zero attached hydrogens (tertiary/aromatic N) is 2. The molecule has 2 aromatic rings. The quantitative estimate of drug-likeness (QED) is 0.914. The van der Waals surface area contributed by atoms with Gasteiger partial charge in [0.15, 0.2) is 5.82 Å². The molecular formula is C13H9BrClN3O. The Morgan fingerprint density at radius 3 is 2.89 bits per heavy atom. The molecule has 96 valence electrons. The highest BCUT2D eigenvalue weighted by molar-refractivity contribution is 9.10. The van der Waals surface area contributed by atoms with E-state index in [-0.39, 0.29) is 0 Å². The number of nitriles is 1. The Labute approximate surface area is 124 Å². The molecule has 0 aliphatic rings. The van der Waals surface area contributed by atoms with Gasteiger partial charge >= 0.3 is 0 Å². The van der Waals surface area contributed by atoms with Crippen molar-refractivity contribution in [2.24, 2.45) is 0 Å². The minimum Gasteiger partial charge on any atom is -0.497 e. The molecule has 0 saturated heterocycles. The summed E-state index contributed by atoms with van der Waals surface area (Å²) in [5.74, 6) is 1.13. The number of aromatic nitrogens is 1. The fraction of sp³-hybridized carbons (Fsp3) is 0.0769. The third-order valence-corrected chi connectivity index (χ3v) is 3.22. The lowest BCUT2D eigenvalue weighted by Gasteiger charge is -2.10. The van der Waals surface area contributed by atoms with Gasteiger partial charge in [-0.25, -0.2) is 4.98 Å². The number of ether oxygens (including phenoxy) is 1. The van der Waals surface area contributed by atoms with Gasteiger partial charge in [-0.1, -0.05) is 27.5 Å². The van der Waals surface area contributed by atoms with E-state index in [9.17, 15) is 0 Å². The maximum absolute atomic E-state index is 8.92. The maximum atomic E-state index is 8.92. The van der Waals surface area contributed by atoms with Crippen LogP contribution in [0.3, 0.4) is 0 Å². The number of anilines is 2. The second-order valence-corrected chi connectivity index (χ2v) is 4.93. The summed E-state index contributed by atoms with van der Waals surface area (Å²) in [6, 6.07) is 9.08. The van der Waals surface area contributed by atoms with Crippen molar-refractivity contribution in [1.82, 2.24) is 4.98 Å². The van der Waals surface area contributed by atoms with Crippen LogP contribution in [0.4, 0.5) is 11.5 Å². The number of rotatable bonds is 3. The number of halogens is 2. The number of methoxy groups -OCH3 is 1. The van der Waals surface area contributed by atoms with Gasteiger partial charge in [0.2, 0.25) is 0 Å². The number of benzene rings is 1. The van der Waals surface area contributed by atoms with E-state index in [4.69, 9.17) is 21.6 Å². The zero-order valence-corrected chi connectivity index (χ0v) is 12.3. The second-order valence-electron chi connectivity index (χ2n) is 3.64. The van der Waals surface area contributed by atoms with Gasteiger partial charge < -0.3 is 10.1 Å². The molecule has 0 fully saturated rings. The summed E-state index contributed by atoms with van der Waals surface area (Å²) in [7, 11) is 1.59. The van der Waals surface area contributed by atoms with Crippen LogP contribution in [0, 0.1) is 11.3 Å². The van der Waals surface area contributed by atoms with Crippen LogP contribution in [0.1, 0.15) is 5.56 Å². The molecule has 1 N–H and O–H groups in total. The van der Waals surface area contributed by atoms with Gasteiger partial charge in [-0.2, -0.15) is 5.26 Å². The lowest BCUT2D eigenvalue weighted by atomic mass is 10.2. The molecule has 2 rings (SSSR count). The van der Waals surface area contributed by atoms with E-state index < -0.39 is 0 Å². The van der Waals surface area contributed by atoms with Crippen LogP contribution in [0.2, 0.25) is 5.02 Å².